The highest BCUT2D eigenvalue weighted by atomic mass is 127. The second-order valence-electron chi connectivity index (χ2n) is 6.88. The number of anilines is 1. The molecule has 1 saturated heterocycles. The van der Waals surface area contributed by atoms with E-state index >= 15 is 0 Å². The Bertz CT molecular complexity index is 549. The lowest BCUT2D eigenvalue weighted by Gasteiger charge is -2.30. The molecule has 1 aliphatic heterocycles. The molecule has 0 unspecified atom stereocenters. The van der Waals surface area contributed by atoms with Gasteiger partial charge < -0.3 is 25.0 Å². The number of ether oxygens (including phenoxy) is 2. The Kier molecular flexibility index (Phi) is 12.4. The zero-order valence-corrected chi connectivity index (χ0v) is 19.2. The van der Waals surface area contributed by atoms with E-state index in [1.807, 2.05) is 0 Å². The van der Waals surface area contributed by atoms with Gasteiger partial charge in [-0.25, -0.2) is 0 Å². The predicted molar refractivity (Wildman–Crippen MR) is 123 cm³/mol. The topological polar surface area (TPSA) is 58.1 Å². The first-order valence-electron chi connectivity index (χ1n) is 9.63. The van der Waals surface area contributed by atoms with Crippen molar-refractivity contribution in [2.45, 2.75) is 26.8 Å². The summed E-state index contributed by atoms with van der Waals surface area (Å²) in [5, 5.41) is 6.71. The maximum Gasteiger partial charge on any atom is 0.191 e. The third kappa shape index (κ3) is 9.12. The number of hydrogen-bond acceptors (Lipinski definition) is 4. The Morgan fingerprint density at radius 1 is 1.19 bits per heavy atom. The molecule has 1 heterocycles. The largest absolute Gasteiger partial charge is 0.380 e. The number of aliphatic imine (C=N–C) groups is 1. The summed E-state index contributed by atoms with van der Waals surface area (Å²) in [4.78, 5) is 6.68. The van der Waals surface area contributed by atoms with Crippen molar-refractivity contribution in [2.24, 2.45) is 10.9 Å². The van der Waals surface area contributed by atoms with Crippen LogP contribution in [0.1, 0.15) is 25.8 Å². The number of hydrogen-bond donors (Lipinski definition) is 2. The van der Waals surface area contributed by atoms with Gasteiger partial charge in [0.1, 0.15) is 0 Å². The van der Waals surface area contributed by atoms with E-state index in [4.69, 9.17) is 9.47 Å². The Morgan fingerprint density at radius 3 is 2.63 bits per heavy atom. The van der Waals surface area contributed by atoms with Gasteiger partial charge in [-0.05, 0) is 24.0 Å². The molecule has 0 radical (unpaired) electrons. The molecule has 1 aliphatic rings. The average molecular weight is 490 g/mol. The molecule has 0 spiro atoms. The minimum absolute atomic E-state index is 0. The summed E-state index contributed by atoms with van der Waals surface area (Å²) in [5.41, 5.74) is 2.54. The Hall–Kier alpha value is -1.06. The summed E-state index contributed by atoms with van der Waals surface area (Å²) < 4.78 is 11.1. The molecule has 0 aromatic heterocycles. The van der Waals surface area contributed by atoms with E-state index in [1.165, 1.54) is 11.3 Å². The lowest BCUT2D eigenvalue weighted by molar-refractivity contribution is 0.122. The second-order valence-corrected chi connectivity index (χ2v) is 6.88. The second kappa shape index (κ2) is 14.0. The number of halogens is 1. The van der Waals surface area contributed by atoms with E-state index in [9.17, 15) is 0 Å². The van der Waals surface area contributed by atoms with Crippen LogP contribution in [0.2, 0.25) is 0 Å². The molecule has 1 aromatic rings. The van der Waals surface area contributed by atoms with Gasteiger partial charge in [0.25, 0.3) is 0 Å². The van der Waals surface area contributed by atoms with Crippen molar-refractivity contribution < 1.29 is 9.47 Å². The van der Waals surface area contributed by atoms with Crippen molar-refractivity contribution >= 4 is 35.6 Å². The molecular formula is C20H35IN4O2. The number of para-hydroxylation sites is 1. The molecule has 6 nitrogen and oxygen atoms in total. The third-order valence-electron chi connectivity index (χ3n) is 4.39. The van der Waals surface area contributed by atoms with Crippen LogP contribution in [0, 0.1) is 5.92 Å². The van der Waals surface area contributed by atoms with Gasteiger partial charge in [-0.1, -0.05) is 32.0 Å². The van der Waals surface area contributed by atoms with Gasteiger partial charge in [0.05, 0.1) is 19.8 Å². The maximum absolute atomic E-state index is 5.64. The van der Waals surface area contributed by atoms with E-state index in [0.717, 1.165) is 58.4 Å². The summed E-state index contributed by atoms with van der Waals surface area (Å²) in [6.45, 7) is 10.9. The molecule has 0 atom stereocenters. The zero-order chi connectivity index (χ0) is 18.6. The van der Waals surface area contributed by atoms with E-state index in [0.29, 0.717) is 12.5 Å². The summed E-state index contributed by atoms with van der Waals surface area (Å²) in [6, 6.07) is 8.52. The average Bonchev–Trinajstić information content (AvgIpc) is 2.67. The van der Waals surface area contributed by atoms with Crippen molar-refractivity contribution in [3.05, 3.63) is 29.8 Å². The smallest absolute Gasteiger partial charge is 0.191 e. The number of morpholine rings is 1. The van der Waals surface area contributed by atoms with Crippen molar-refractivity contribution in [1.82, 2.24) is 10.6 Å². The van der Waals surface area contributed by atoms with E-state index in [-0.39, 0.29) is 24.0 Å². The Balaban J connectivity index is 0.00000364. The van der Waals surface area contributed by atoms with Crippen LogP contribution in [0.15, 0.2) is 29.3 Å². The van der Waals surface area contributed by atoms with Crippen LogP contribution in [0.4, 0.5) is 5.69 Å². The van der Waals surface area contributed by atoms with Gasteiger partial charge in [-0.2, -0.15) is 0 Å². The SMILES string of the molecule is CN=C(NCCOCCC(C)C)NCc1ccccc1N1CCOCC1.I. The van der Waals surface area contributed by atoms with Crippen LogP contribution in [0.25, 0.3) is 0 Å². The Labute approximate surface area is 181 Å². The summed E-state index contributed by atoms with van der Waals surface area (Å²) in [7, 11) is 1.79. The highest BCUT2D eigenvalue weighted by molar-refractivity contribution is 14.0. The van der Waals surface area contributed by atoms with Crippen molar-refractivity contribution in [3.8, 4) is 0 Å². The highest BCUT2D eigenvalue weighted by Gasteiger charge is 2.14. The molecule has 7 heteroatoms. The fourth-order valence-corrected chi connectivity index (χ4v) is 2.84. The van der Waals surface area contributed by atoms with Gasteiger partial charge in [0, 0.05) is 45.5 Å². The fraction of sp³-hybridized carbons (Fsp3) is 0.650. The monoisotopic (exact) mass is 490 g/mol. The molecule has 2 rings (SSSR count). The van der Waals surface area contributed by atoms with E-state index in [1.54, 1.807) is 7.05 Å². The molecule has 1 aromatic carbocycles. The molecule has 0 saturated carbocycles. The molecule has 27 heavy (non-hydrogen) atoms. The van der Waals surface area contributed by atoms with Gasteiger partial charge in [-0.15, -0.1) is 24.0 Å². The van der Waals surface area contributed by atoms with Crippen molar-refractivity contribution in [3.63, 3.8) is 0 Å². The maximum atomic E-state index is 5.64. The molecular weight excluding hydrogens is 455 g/mol. The van der Waals surface area contributed by atoms with Crippen LogP contribution in [-0.4, -0.2) is 59.1 Å². The molecule has 1 fully saturated rings. The van der Waals surface area contributed by atoms with E-state index in [2.05, 4.69) is 58.6 Å². The molecule has 154 valence electrons. The number of nitrogens with zero attached hydrogens (tertiary/aromatic N) is 2. The molecule has 2 N–H and O–H groups in total. The number of rotatable bonds is 9. The quantitative estimate of drug-likeness (QED) is 0.241. The van der Waals surface area contributed by atoms with Crippen LogP contribution in [0.3, 0.4) is 0 Å². The van der Waals surface area contributed by atoms with Crippen LogP contribution in [-0.2, 0) is 16.0 Å². The lowest BCUT2D eigenvalue weighted by atomic mass is 10.1. The first kappa shape index (κ1) is 24.0. The standard InChI is InChI=1S/C20H34N4O2.HI/c1-17(2)8-12-25-13-9-22-20(21-3)23-16-18-6-4-5-7-19(18)24-10-14-26-15-11-24;/h4-7,17H,8-16H2,1-3H3,(H2,21,22,23);1H. The van der Waals surface area contributed by atoms with Crippen LogP contribution in [0.5, 0.6) is 0 Å². The van der Waals surface area contributed by atoms with Crippen LogP contribution >= 0.6 is 24.0 Å². The lowest BCUT2D eigenvalue weighted by Crippen LogP contribution is -2.40. The number of guanidine groups is 1. The first-order valence-corrected chi connectivity index (χ1v) is 9.63. The normalized spacial score (nSPS) is 14.8. The fourth-order valence-electron chi connectivity index (χ4n) is 2.84. The van der Waals surface area contributed by atoms with Crippen molar-refractivity contribution in [1.29, 1.82) is 0 Å². The van der Waals surface area contributed by atoms with Gasteiger partial charge >= 0.3 is 0 Å². The molecule has 0 amide bonds. The zero-order valence-electron chi connectivity index (χ0n) is 16.9. The van der Waals surface area contributed by atoms with Gasteiger partial charge in [0.2, 0.25) is 0 Å². The van der Waals surface area contributed by atoms with Crippen LogP contribution < -0.4 is 15.5 Å². The minimum Gasteiger partial charge on any atom is -0.380 e. The third-order valence-corrected chi connectivity index (χ3v) is 4.39. The number of benzene rings is 1. The van der Waals surface area contributed by atoms with Crippen molar-refractivity contribution in [2.75, 3.05) is 58.0 Å². The molecule has 0 bridgehead atoms. The Morgan fingerprint density at radius 2 is 1.93 bits per heavy atom. The number of nitrogens with one attached hydrogen (secondary N) is 2. The summed E-state index contributed by atoms with van der Waals surface area (Å²) >= 11 is 0. The first-order chi connectivity index (χ1) is 12.7. The van der Waals surface area contributed by atoms with Gasteiger partial charge in [-0.3, -0.25) is 4.99 Å². The van der Waals surface area contributed by atoms with E-state index < -0.39 is 0 Å². The van der Waals surface area contributed by atoms with Gasteiger partial charge in [0.15, 0.2) is 5.96 Å². The highest BCUT2D eigenvalue weighted by Crippen LogP contribution is 2.21. The predicted octanol–water partition coefficient (Wildman–Crippen LogP) is 2.87. The molecule has 0 aliphatic carbocycles. The summed E-state index contributed by atoms with van der Waals surface area (Å²) in [6.07, 6.45) is 1.10. The minimum atomic E-state index is 0. The summed E-state index contributed by atoms with van der Waals surface area (Å²) in [5.74, 6) is 1.48.